The number of hydrogen-bond acceptors (Lipinski definition) is 5. The van der Waals surface area contributed by atoms with Gasteiger partial charge < -0.3 is 14.0 Å². The van der Waals surface area contributed by atoms with E-state index < -0.39 is 22.2 Å². The molecule has 3 fully saturated rings. The van der Waals surface area contributed by atoms with Crippen LogP contribution in [0, 0.1) is 28.6 Å². The van der Waals surface area contributed by atoms with Gasteiger partial charge in [-0.1, -0.05) is 85.6 Å². The Bertz CT molecular complexity index is 1190. The standard InChI is InChI=1S/C38H68O4SSi2/c1-25(43-21-20-36(8,9)40)33-31(39)24-30-28-17-16-26-22-27(41-44(12,13)34(2,3)4)23-32(42-45(14,15)35(5,6)7)38(26,11)29(28)18-19-37(30,33)10/h16-17,25,27,29-30,32-33,40H,18-24H2,1-15H3/t25?,27?,29-,30-,32?,33-,37-,38-/m0/s1. The Morgan fingerprint density at radius 2 is 1.51 bits per heavy atom. The van der Waals surface area contributed by atoms with E-state index in [2.05, 4.69) is 101 Å². The lowest BCUT2D eigenvalue weighted by molar-refractivity contribution is -0.122. The van der Waals surface area contributed by atoms with Gasteiger partial charge in [-0.05, 0) is 105 Å². The van der Waals surface area contributed by atoms with Crippen LogP contribution >= 0.6 is 11.8 Å². The SMILES string of the molecule is CC(SCCC(C)(C)O)[C@H]1C(=O)C[C@H]2C3=CC=C4CC(O[Si](C)(C)C(C)(C)C)CC(O[Si](C)(C)C(C)(C)C)[C@]4(C)[C@H]3CC[C@]12C. The highest BCUT2D eigenvalue weighted by atomic mass is 32.2. The Morgan fingerprint density at radius 3 is 2.07 bits per heavy atom. The van der Waals surface area contributed by atoms with Crippen molar-refractivity contribution >= 4 is 34.2 Å². The third-order valence-corrected chi connectivity index (χ3v) is 23.9. The number of allylic oxidation sites excluding steroid dienone is 3. The molecule has 4 aliphatic rings. The fourth-order valence-corrected chi connectivity index (χ4v) is 13.0. The first-order valence-electron chi connectivity index (χ1n) is 17.9. The van der Waals surface area contributed by atoms with Crippen LogP contribution in [-0.2, 0) is 13.6 Å². The van der Waals surface area contributed by atoms with Gasteiger partial charge in [0.15, 0.2) is 16.6 Å². The first kappa shape index (κ1) is 37.6. The minimum Gasteiger partial charge on any atom is -0.414 e. The van der Waals surface area contributed by atoms with E-state index in [0.29, 0.717) is 24.0 Å². The monoisotopic (exact) mass is 676 g/mol. The van der Waals surface area contributed by atoms with E-state index in [1.54, 1.807) is 0 Å². The van der Waals surface area contributed by atoms with Crippen LogP contribution in [0.25, 0.3) is 0 Å². The molecule has 0 heterocycles. The van der Waals surface area contributed by atoms with Crippen molar-refractivity contribution < 1.29 is 18.8 Å². The number of Topliss-reactive ketones (excluding diaryl/α,β-unsaturated/α-hetero) is 1. The topological polar surface area (TPSA) is 55.8 Å². The summed E-state index contributed by atoms with van der Waals surface area (Å²) in [5, 5.41) is 10.8. The molecule has 258 valence electrons. The van der Waals surface area contributed by atoms with E-state index in [-0.39, 0.29) is 44.3 Å². The van der Waals surface area contributed by atoms with E-state index in [0.717, 1.165) is 37.9 Å². The second kappa shape index (κ2) is 12.3. The molecule has 0 aromatic heterocycles. The minimum absolute atomic E-state index is 0.0132. The number of carbonyl (C=O) groups excluding carboxylic acids is 1. The fourth-order valence-electron chi connectivity index (χ4n) is 8.62. The highest BCUT2D eigenvalue weighted by Gasteiger charge is 2.62. The molecule has 0 amide bonds. The Balaban J connectivity index is 1.69. The van der Waals surface area contributed by atoms with Gasteiger partial charge in [0.05, 0.1) is 17.8 Å². The summed E-state index contributed by atoms with van der Waals surface area (Å²) >= 11 is 1.88. The van der Waals surface area contributed by atoms with E-state index in [1.165, 1.54) is 11.1 Å². The number of hydrogen-bond donors (Lipinski definition) is 1. The van der Waals surface area contributed by atoms with Crippen molar-refractivity contribution in [1.82, 2.24) is 0 Å². The van der Waals surface area contributed by atoms with Crippen molar-refractivity contribution in [2.45, 2.75) is 174 Å². The van der Waals surface area contributed by atoms with Crippen molar-refractivity contribution in [3.05, 3.63) is 23.3 Å². The van der Waals surface area contributed by atoms with E-state index in [4.69, 9.17) is 8.85 Å². The number of thioether (sulfide) groups is 1. The van der Waals surface area contributed by atoms with Crippen molar-refractivity contribution in [1.29, 1.82) is 0 Å². The second-order valence-electron chi connectivity index (χ2n) is 19.4. The molecule has 0 radical (unpaired) electrons. The lowest BCUT2D eigenvalue weighted by Gasteiger charge is -2.59. The van der Waals surface area contributed by atoms with Gasteiger partial charge in [-0.25, -0.2) is 0 Å². The van der Waals surface area contributed by atoms with Gasteiger partial charge in [-0.3, -0.25) is 4.79 Å². The summed E-state index contributed by atoms with van der Waals surface area (Å²) in [6.07, 6.45) is 10.7. The molecule has 8 atom stereocenters. The number of fused-ring (bicyclic) bond motifs is 5. The van der Waals surface area contributed by atoms with E-state index >= 15 is 0 Å². The average Bonchev–Trinajstić information content (AvgIpc) is 3.12. The number of aliphatic hydroxyl groups is 1. The second-order valence-corrected chi connectivity index (χ2v) is 30.4. The molecule has 0 bridgehead atoms. The predicted octanol–water partition coefficient (Wildman–Crippen LogP) is 10.3. The quantitative estimate of drug-likeness (QED) is 0.246. The summed E-state index contributed by atoms with van der Waals surface area (Å²) in [6.45, 7) is 34.6. The minimum atomic E-state index is -2.07. The summed E-state index contributed by atoms with van der Waals surface area (Å²) in [5.74, 6) is 2.12. The molecule has 3 saturated carbocycles. The van der Waals surface area contributed by atoms with Gasteiger partial charge in [-0.15, -0.1) is 0 Å². The average molecular weight is 677 g/mol. The number of carbonyl (C=O) groups is 1. The molecular weight excluding hydrogens is 609 g/mol. The van der Waals surface area contributed by atoms with E-state index in [1.807, 2.05) is 25.6 Å². The molecule has 0 aromatic rings. The zero-order chi connectivity index (χ0) is 34.2. The summed E-state index contributed by atoms with van der Waals surface area (Å²) in [7, 11) is -4.01. The summed E-state index contributed by atoms with van der Waals surface area (Å²) in [4.78, 5) is 13.9. The third-order valence-electron chi connectivity index (χ3n) is 13.6. The lowest BCUT2D eigenvalue weighted by Crippen LogP contribution is -2.58. The van der Waals surface area contributed by atoms with Crippen molar-refractivity contribution in [3.8, 4) is 0 Å². The number of ketones is 1. The maximum atomic E-state index is 13.9. The van der Waals surface area contributed by atoms with Crippen LogP contribution in [0.15, 0.2) is 23.3 Å². The first-order valence-corrected chi connectivity index (χ1v) is 24.7. The van der Waals surface area contributed by atoms with Crippen LogP contribution in [0.1, 0.15) is 115 Å². The Labute approximate surface area is 283 Å². The molecule has 4 aliphatic carbocycles. The molecule has 4 nitrogen and oxygen atoms in total. The molecule has 3 unspecified atom stereocenters. The van der Waals surface area contributed by atoms with Crippen LogP contribution < -0.4 is 0 Å². The third kappa shape index (κ3) is 7.11. The lowest BCUT2D eigenvalue weighted by atomic mass is 9.49. The van der Waals surface area contributed by atoms with Crippen molar-refractivity contribution in [2.75, 3.05) is 5.75 Å². The zero-order valence-electron chi connectivity index (χ0n) is 31.6. The Hall–Kier alpha value is -0.186. The highest BCUT2D eigenvalue weighted by molar-refractivity contribution is 7.99. The maximum Gasteiger partial charge on any atom is 0.192 e. The molecule has 4 rings (SSSR count). The highest BCUT2D eigenvalue weighted by Crippen LogP contribution is 2.66. The van der Waals surface area contributed by atoms with E-state index in [9.17, 15) is 9.90 Å². The van der Waals surface area contributed by atoms with Crippen LogP contribution in [0.4, 0.5) is 0 Å². The molecule has 7 heteroatoms. The smallest absolute Gasteiger partial charge is 0.192 e. The van der Waals surface area contributed by atoms with Gasteiger partial charge in [0, 0.05) is 23.0 Å². The predicted molar refractivity (Wildman–Crippen MR) is 198 cm³/mol. The zero-order valence-corrected chi connectivity index (χ0v) is 34.5. The largest absolute Gasteiger partial charge is 0.414 e. The van der Waals surface area contributed by atoms with Crippen LogP contribution in [-0.4, -0.2) is 56.3 Å². The first-order chi connectivity index (χ1) is 20.2. The molecule has 0 saturated heterocycles. The summed E-state index contributed by atoms with van der Waals surface area (Å²) < 4.78 is 14.6. The van der Waals surface area contributed by atoms with Gasteiger partial charge in [0.2, 0.25) is 0 Å². The van der Waals surface area contributed by atoms with Gasteiger partial charge in [0.25, 0.3) is 0 Å². The van der Waals surface area contributed by atoms with Crippen LogP contribution in [0.3, 0.4) is 0 Å². The van der Waals surface area contributed by atoms with Crippen molar-refractivity contribution in [2.24, 2.45) is 28.6 Å². The number of rotatable bonds is 9. The molecular formula is C38H68O4SSi2. The molecule has 1 N–H and O–H groups in total. The molecule has 45 heavy (non-hydrogen) atoms. The Morgan fingerprint density at radius 1 is 0.933 bits per heavy atom. The maximum absolute atomic E-state index is 13.9. The van der Waals surface area contributed by atoms with Crippen molar-refractivity contribution in [3.63, 3.8) is 0 Å². The summed E-state index contributed by atoms with van der Waals surface area (Å²) in [6, 6.07) is 0. The molecule has 0 aliphatic heterocycles. The normalized spacial score (nSPS) is 35.3. The van der Waals surface area contributed by atoms with Gasteiger partial charge in [-0.2, -0.15) is 11.8 Å². The van der Waals surface area contributed by atoms with Crippen LogP contribution in [0.2, 0.25) is 36.3 Å². The fraction of sp³-hybridized carbons (Fsp3) is 0.868. The summed E-state index contributed by atoms with van der Waals surface area (Å²) in [5.41, 5.74) is 2.27. The Kier molecular flexibility index (Phi) is 10.3. The molecule has 0 spiro atoms. The van der Waals surface area contributed by atoms with Gasteiger partial charge in [0.1, 0.15) is 5.78 Å². The van der Waals surface area contributed by atoms with Gasteiger partial charge >= 0.3 is 0 Å². The molecule has 0 aromatic carbocycles. The van der Waals surface area contributed by atoms with Crippen LogP contribution in [0.5, 0.6) is 0 Å².